The Morgan fingerprint density at radius 1 is 1.38 bits per heavy atom. The Hall–Kier alpha value is -1.63. The maximum Gasteiger partial charge on any atom is 0.323 e. The number of rotatable bonds is 6. The Morgan fingerprint density at radius 2 is 1.94 bits per heavy atom. The van der Waals surface area contributed by atoms with Gasteiger partial charge in [-0.2, -0.15) is 0 Å². The summed E-state index contributed by atoms with van der Waals surface area (Å²) in [7, 11) is 1.05. The molecule has 7 nitrogen and oxygen atoms in total. The van der Waals surface area contributed by atoms with E-state index in [-0.39, 0.29) is 13.2 Å². The van der Waals surface area contributed by atoms with Gasteiger partial charge in [-0.15, -0.1) is 0 Å². The number of carbonyl (C=O) groups excluding carboxylic acids is 2. The zero-order chi connectivity index (χ0) is 12.8. The lowest BCUT2D eigenvalue weighted by Gasteiger charge is -2.20. The highest BCUT2D eigenvalue weighted by atomic mass is 16.5. The van der Waals surface area contributed by atoms with Crippen LogP contribution in [0.4, 0.5) is 0 Å². The molecule has 0 radical (unpaired) electrons. The average Bonchev–Trinajstić information content (AvgIpc) is 2.24. The third kappa shape index (κ3) is 3.50. The summed E-state index contributed by atoms with van der Waals surface area (Å²) >= 11 is 0. The zero-order valence-corrected chi connectivity index (χ0v) is 9.15. The van der Waals surface area contributed by atoms with Gasteiger partial charge in [0, 0.05) is 6.54 Å². The van der Waals surface area contributed by atoms with Crippen LogP contribution in [-0.2, 0) is 19.1 Å². The highest BCUT2D eigenvalue weighted by molar-refractivity contribution is 6.02. The highest BCUT2D eigenvalue weighted by Crippen LogP contribution is 2.23. The van der Waals surface area contributed by atoms with Crippen LogP contribution in [0.1, 0.15) is 13.3 Å². The molecule has 1 amide bonds. The summed E-state index contributed by atoms with van der Waals surface area (Å²) < 4.78 is 4.33. The molecule has 0 aliphatic heterocycles. The normalized spacial score (nSPS) is 13.7. The molecular weight excluding hydrogens is 218 g/mol. The minimum absolute atomic E-state index is 0.00963. The quantitative estimate of drug-likeness (QED) is 0.390. The third-order valence-electron chi connectivity index (χ3n) is 2.06. The van der Waals surface area contributed by atoms with Crippen LogP contribution in [0.2, 0.25) is 0 Å². The van der Waals surface area contributed by atoms with Crippen LogP contribution in [0.15, 0.2) is 0 Å². The van der Waals surface area contributed by atoms with Crippen molar-refractivity contribution >= 4 is 17.8 Å². The van der Waals surface area contributed by atoms with Gasteiger partial charge in [0.05, 0.1) is 20.1 Å². The van der Waals surface area contributed by atoms with Crippen molar-refractivity contribution in [2.75, 3.05) is 20.3 Å². The van der Waals surface area contributed by atoms with E-state index in [1.807, 2.05) is 0 Å². The molecule has 1 unspecified atom stereocenters. The fourth-order valence-corrected chi connectivity index (χ4v) is 1.04. The van der Waals surface area contributed by atoms with Gasteiger partial charge >= 0.3 is 11.9 Å². The predicted octanol–water partition coefficient (Wildman–Crippen LogP) is -1.25. The van der Waals surface area contributed by atoms with E-state index in [1.165, 1.54) is 0 Å². The fraction of sp³-hybridized carbons (Fsp3) is 0.667. The molecule has 16 heavy (non-hydrogen) atoms. The molecule has 0 bridgehead atoms. The van der Waals surface area contributed by atoms with E-state index in [4.69, 9.17) is 10.2 Å². The van der Waals surface area contributed by atoms with Crippen LogP contribution < -0.4 is 5.32 Å². The summed E-state index contributed by atoms with van der Waals surface area (Å²) in [6, 6.07) is 0. The Bertz CT molecular complexity index is 290. The van der Waals surface area contributed by atoms with Gasteiger partial charge in [0.25, 0.3) is 0 Å². The monoisotopic (exact) mass is 233 g/mol. The van der Waals surface area contributed by atoms with E-state index < -0.39 is 29.7 Å². The first-order valence-corrected chi connectivity index (χ1v) is 4.58. The number of methoxy groups -OCH3 is 1. The second-order valence-electron chi connectivity index (χ2n) is 3.38. The SMILES string of the molecule is COC(=O)C(C)(CC(=O)NCCO)C(=O)O. The summed E-state index contributed by atoms with van der Waals surface area (Å²) in [5, 5.41) is 19.6. The zero-order valence-electron chi connectivity index (χ0n) is 9.15. The van der Waals surface area contributed by atoms with Gasteiger partial charge in [0.15, 0.2) is 5.41 Å². The second-order valence-corrected chi connectivity index (χ2v) is 3.38. The predicted molar refractivity (Wildman–Crippen MR) is 52.5 cm³/mol. The van der Waals surface area contributed by atoms with E-state index in [0.29, 0.717) is 0 Å². The standard InChI is InChI=1S/C9H15NO6/c1-9(7(13)14,8(15)16-2)5-6(12)10-3-4-11/h11H,3-5H2,1-2H3,(H,10,12)(H,13,14). The molecule has 0 aliphatic rings. The van der Waals surface area contributed by atoms with Crippen LogP contribution in [0, 0.1) is 5.41 Å². The van der Waals surface area contributed by atoms with Crippen LogP contribution >= 0.6 is 0 Å². The number of carboxylic acid groups (broad SMARTS) is 1. The molecule has 0 saturated carbocycles. The Labute approximate surface area is 92.4 Å². The number of aliphatic carboxylic acids is 1. The number of amides is 1. The minimum atomic E-state index is -1.91. The maximum atomic E-state index is 11.3. The second kappa shape index (κ2) is 6.06. The number of aliphatic hydroxyl groups excluding tert-OH is 1. The molecule has 1 atom stereocenters. The first-order chi connectivity index (χ1) is 7.38. The number of hydrogen-bond donors (Lipinski definition) is 3. The van der Waals surface area contributed by atoms with Gasteiger partial charge < -0.3 is 20.3 Å². The minimum Gasteiger partial charge on any atom is -0.480 e. The lowest BCUT2D eigenvalue weighted by atomic mass is 9.86. The molecule has 3 N–H and O–H groups in total. The Kier molecular flexibility index (Phi) is 5.44. The van der Waals surface area contributed by atoms with E-state index in [0.717, 1.165) is 14.0 Å². The van der Waals surface area contributed by atoms with Crippen molar-refractivity contribution in [2.45, 2.75) is 13.3 Å². The topological polar surface area (TPSA) is 113 Å². The van der Waals surface area contributed by atoms with Crippen LogP contribution in [-0.4, -0.2) is 48.3 Å². The molecule has 0 aliphatic carbocycles. The van der Waals surface area contributed by atoms with Crippen LogP contribution in [0.3, 0.4) is 0 Å². The number of esters is 1. The largest absolute Gasteiger partial charge is 0.480 e. The van der Waals surface area contributed by atoms with E-state index in [9.17, 15) is 14.4 Å². The lowest BCUT2D eigenvalue weighted by molar-refractivity contribution is -0.167. The smallest absolute Gasteiger partial charge is 0.323 e. The Balaban J connectivity index is 4.63. The van der Waals surface area contributed by atoms with E-state index in [1.54, 1.807) is 0 Å². The summed E-state index contributed by atoms with van der Waals surface area (Å²) in [4.78, 5) is 33.4. The molecule has 0 heterocycles. The molecule has 0 rings (SSSR count). The molecule has 0 spiro atoms. The van der Waals surface area contributed by atoms with Crippen molar-refractivity contribution < 1.29 is 29.3 Å². The van der Waals surface area contributed by atoms with Gasteiger partial charge in [0.1, 0.15) is 0 Å². The molecule has 0 aromatic heterocycles. The van der Waals surface area contributed by atoms with Gasteiger partial charge in [-0.3, -0.25) is 14.4 Å². The number of ether oxygens (including phenoxy) is 1. The molecule has 7 heteroatoms. The van der Waals surface area contributed by atoms with Gasteiger partial charge in [0.2, 0.25) is 5.91 Å². The van der Waals surface area contributed by atoms with Gasteiger partial charge in [-0.25, -0.2) is 0 Å². The summed E-state index contributed by atoms with van der Waals surface area (Å²) in [5.41, 5.74) is -1.91. The number of hydrogen-bond acceptors (Lipinski definition) is 5. The summed E-state index contributed by atoms with van der Waals surface area (Å²) in [6.07, 6.45) is -0.533. The highest BCUT2D eigenvalue weighted by Gasteiger charge is 2.44. The molecule has 0 saturated heterocycles. The average molecular weight is 233 g/mol. The first kappa shape index (κ1) is 14.4. The number of carboxylic acids is 1. The van der Waals surface area contributed by atoms with Crippen LogP contribution in [0.5, 0.6) is 0 Å². The lowest BCUT2D eigenvalue weighted by Crippen LogP contribution is -2.42. The fourth-order valence-electron chi connectivity index (χ4n) is 1.04. The molecular formula is C9H15NO6. The maximum absolute atomic E-state index is 11.3. The summed E-state index contributed by atoms with van der Waals surface area (Å²) in [6.45, 7) is 0.864. The Morgan fingerprint density at radius 3 is 2.31 bits per heavy atom. The van der Waals surface area contributed by atoms with Crippen molar-refractivity contribution in [3.8, 4) is 0 Å². The van der Waals surface area contributed by atoms with Gasteiger partial charge in [-0.05, 0) is 6.92 Å². The van der Waals surface area contributed by atoms with Crippen molar-refractivity contribution in [3.63, 3.8) is 0 Å². The molecule has 0 aromatic rings. The van der Waals surface area contributed by atoms with Crippen molar-refractivity contribution in [3.05, 3.63) is 0 Å². The van der Waals surface area contributed by atoms with E-state index in [2.05, 4.69) is 10.1 Å². The number of nitrogens with one attached hydrogen (secondary N) is 1. The molecule has 92 valence electrons. The van der Waals surface area contributed by atoms with Crippen LogP contribution in [0.25, 0.3) is 0 Å². The summed E-state index contributed by atoms with van der Waals surface area (Å²) in [5.74, 6) is -3.05. The van der Waals surface area contributed by atoms with E-state index >= 15 is 0 Å². The first-order valence-electron chi connectivity index (χ1n) is 4.58. The van der Waals surface area contributed by atoms with Gasteiger partial charge in [-0.1, -0.05) is 0 Å². The third-order valence-corrected chi connectivity index (χ3v) is 2.06. The van der Waals surface area contributed by atoms with Crippen molar-refractivity contribution in [1.29, 1.82) is 0 Å². The molecule has 0 aromatic carbocycles. The van der Waals surface area contributed by atoms with Crippen molar-refractivity contribution in [2.24, 2.45) is 5.41 Å². The number of carbonyl (C=O) groups is 3. The number of aliphatic hydroxyl groups is 1. The van der Waals surface area contributed by atoms with Crippen molar-refractivity contribution in [1.82, 2.24) is 5.32 Å². The molecule has 0 fully saturated rings.